The molecule has 27 heavy (non-hydrogen) atoms. The van der Waals surface area contributed by atoms with E-state index >= 15 is 0 Å². The quantitative estimate of drug-likeness (QED) is 0.782. The molecule has 0 aromatic heterocycles. The van der Waals surface area contributed by atoms with E-state index < -0.39 is 0 Å². The fraction of sp³-hybridized carbons (Fsp3) is 0.435. The van der Waals surface area contributed by atoms with Crippen molar-refractivity contribution in [1.29, 1.82) is 0 Å². The fourth-order valence-electron chi connectivity index (χ4n) is 4.06. The third-order valence-corrected chi connectivity index (χ3v) is 6.12. The van der Waals surface area contributed by atoms with Gasteiger partial charge in [-0.05, 0) is 61.0 Å². The van der Waals surface area contributed by atoms with Gasteiger partial charge in [0.2, 0.25) is 5.91 Å². The summed E-state index contributed by atoms with van der Waals surface area (Å²) < 4.78 is 0. The summed E-state index contributed by atoms with van der Waals surface area (Å²) in [6, 6.07) is 16.5. The Kier molecular flexibility index (Phi) is 5.80. The second-order valence-corrected chi connectivity index (χ2v) is 8.25. The molecule has 1 aliphatic heterocycles. The maximum Gasteiger partial charge on any atom is 0.224 e. The van der Waals surface area contributed by atoms with Crippen LogP contribution in [-0.4, -0.2) is 23.9 Å². The van der Waals surface area contributed by atoms with Gasteiger partial charge in [-0.1, -0.05) is 60.5 Å². The highest BCUT2D eigenvalue weighted by Gasteiger charge is 2.44. The second kappa shape index (κ2) is 8.45. The number of nitrogens with zero attached hydrogens (tertiary/aromatic N) is 1. The van der Waals surface area contributed by atoms with E-state index in [0.717, 1.165) is 29.1 Å². The summed E-state index contributed by atoms with van der Waals surface area (Å²) in [4.78, 5) is 15.0. The molecule has 0 radical (unpaired) electrons. The summed E-state index contributed by atoms with van der Waals surface area (Å²) in [6.45, 7) is 4.06. The first-order valence-corrected chi connectivity index (χ1v) is 10.4. The van der Waals surface area contributed by atoms with E-state index in [2.05, 4.69) is 34.5 Å². The number of rotatable bonds is 6. The number of piperidine rings is 1. The van der Waals surface area contributed by atoms with Crippen LogP contribution in [0.25, 0.3) is 0 Å². The van der Waals surface area contributed by atoms with Crippen molar-refractivity contribution >= 4 is 17.5 Å². The highest BCUT2D eigenvalue weighted by molar-refractivity contribution is 6.31. The van der Waals surface area contributed by atoms with Crippen LogP contribution in [0.1, 0.15) is 48.3 Å². The zero-order chi connectivity index (χ0) is 18.6. The van der Waals surface area contributed by atoms with Crippen molar-refractivity contribution in [3.05, 3.63) is 70.2 Å². The van der Waals surface area contributed by atoms with Crippen molar-refractivity contribution in [1.82, 2.24) is 10.2 Å². The molecule has 0 spiro atoms. The van der Waals surface area contributed by atoms with Gasteiger partial charge in [-0.3, -0.25) is 9.69 Å². The lowest BCUT2D eigenvalue weighted by Crippen LogP contribution is -2.29. The molecular weight excluding hydrogens is 356 g/mol. The number of amides is 1. The molecule has 1 aliphatic carbocycles. The summed E-state index contributed by atoms with van der Waals surface area (Å²) in [7, 11) is 0. The van der Waals surface area contributed by atoms with Crippen molar-refractivity contribution in [2.24, 2.45) is 5.92 Å². The molecule has 2 aromatic carbocycles. The van der Waals surface area contributed by atoms with Crippen LogP contribution in [0.3, 0.4) is 0 Å². The van der Waals surface area contributed by atoms with E-state index in [9.17, 15) is 4.79 Å². The zero-order valence-corrected chi connectivity index (χ0v) is 16.4. The Morgan fingerprint density at radius 3 is 2.44 bits per heavy atom. The Balaban J connectivity index is 1.25. The molecule has 3 nitrogen and oxygen atoms in total. The van der Waals surface area contributed by atoms with Gasteiger partial charge in [0, 0.05) is 24.0 Å². The first kappa shape index (κ1) is 18.5. The molecule has 1 heterocycles. The molecule has 2 aromatic rings. The number of carbonyl (C=O) groups is 1. The monoisotopic (exact) mass is 382 g/mol. The second-order valence-electron chi connectivity index (χ2n) is 7.84. The summed E-state index contributed by atoms with van der Waals surface area (Å²) in [5.74, 6) is 0.464. The van der Waals surface area contributed by atoms with E-state index in [1.807, 2.05) is 24.3 Å². The minimum Gasteiger partial charge on any atom is -0.352 e. The van der Waals surface area contributed by atoms with Gasteiger partial charge in [0.15, 0.2) is 0 Å². The number of hydrogen-bond donors (Lipinski definition) is 1. The molecule has 2 aliphatic rings. The van der Waals surface area contributed by atoms with Crippen molar-refractivity contribution < 1.29 is 4.79 Å². The zero-order valence-electron chi connectivity index (χ0n) is 15.7. The summed E-state index contributed by atoms with van der Waals surface area (Å²) >= 11 is 6.25. The highest BCUT2D eigenvalue weighted by Crippen LogP contribution is 2.49. The molecule has 1 amide bonds. The van der Waals surface area contributed by atoms with Crippen molar-refractivity contribution in [2.75, 3.05) is 13.1 Å². The third-order valence-electron chi connectivity index (χ3n) is 5.78. The van der Waals surface area contributed by atoms with Crippen LogP contribution in [0, 0.1) is 5.92 Å². The van der Waals surface area contributed by atoms with E-state index in [4.69, 9.17) is 11.6 Å². The van der Waals surface area contributed by atoms with Gasteiger partial charge in [-0.25, -0.2) is 0 Å². The largest absolute Gasteiger partial charge is 0.352 e. The highest BCUT2D eigenvalue weighted by atomic mass is 35.5. The molecular formula is C23H27ClN2O. The van der Waals surface area contributed by atoms with Crippen LogP contribution in [0.5, 0.6) is 0 Å². The molecule has 142 valence electrons. The van der Waals surface area contributed by atoms with Gasteiger partial charge < -0.3 is 5.32 Å². The van der Waals surface area contributed by atoms with Crippen molar-refractivity contribution in [3.8, 4) is 0 Å². The van der Waals surface area contributed by atoms with Gasteiger partial charge in [-0.2, -0.15) is 0 Å². The predicted octanol–water partition coefficient (Wildman–Crippen LogP) is 4.75. The number of hydrogen-bond acceptors (Lipinski definition) is 2. The Bertz CT molecular complexity index is 783. The van der Waals surface area contributed by atoms with Crippen LogP contribution in [0.2, 0.25) is 5.02 Å². The van der Waals surface area contributed by atoms with E-state index in [1.54, 1.807) is 0 Å². The molecule has 1 N–H and O–H groups in total. The standard InChI is InChI=1S/C23H27ClN2O/c24-22-7-3-2-6-19(22)20-14-21(20)23(27)25-15-17-8-10-18(11-9-17)16-26-12-4-1-5-13-26/h2-3,6-11,20-21H,1,4-5,12-16H2,(H,25,27). The van der Waals surface area contributed by atoms with Gasteiger partial charge >= 0.3 is 0 Å². The van der Waals surface area contributed by atoms with E-state index in [-0.39, 0.29) is 17.7 Å². The van der Waals surface area contributed by atoms with Crippen LogP contribution >= 0.6 is 11.6 Å². The fourth-order valence-corrected chi connectivity index (χ4v) is 4.34. The maximum absolute atomic E-state index is 12.4. The molecule has 1 saturated carbocycles. The maximum atomic E-state index is 12.4. The van der Waals surface area contributed by atoms with Crippen LogP contribution in [-0.2, 0) is 17.9 Å². The summed E-state index contributed by atoms with van der Waals surface area (Å²) in [6.07, 6.45) is 4.90. The molecule has 2 fully saturated rings. The molecule has 1 saturated heterocycles. The molecule has 2 unspecified atom stereocenters. The lowest BCUT2D eigenvalue weighted by molar-refractivity contribution is -0.122. The van der Waals surface area contributed by atoms with E-state index in [0.29, 0.717) is 6.54 Å². The number of benzene rings is 2. The summed E-state index contributed by atoms with van der Waals surface area (Å²) in [5.41, 5.74) is 3.61. The minimum atomic E-state index is 0.0586. The smallest absolute Gasteiger partial charge is 0.224 e. The van der Waals surface area contributed by atoms with Crippen molar-refractivity contribution in [2.45, 2.75) is 44.7 Å². The van der Waals surface area contributed by atoms with Crippen molar-refractivity contribution in [3.63, 3.8) is 0 Å². The number of carbonyl (C=O) groups excluding carboxylic acids is 1. The van der Waals surface area contributed by atoms with E-state index in [1.165, 1.54) is 37.9 Å². The predicted molar refractivity (Wildman–Crippen MR) is 110 cm³/mol. The first-order chi connectivity index (χ1) is 13.2. The Morgan fingerprint density at radius 2 is 1.70 bits per heavy atom. The van der Waals surface area contributed by atoms with Gasteiger partial charge in [-0.15, -0.1) is 0 Å². The number of likely N-dealkylation sites (tertiary alicyclic amines) is 1. The van der Waals surface area contributed by atoms with Crippen LogP contribution in [0.15, 0.2) is 48.5 Å². The van der Waals surface area contributed by atoms with Crippen LogP contribution in [0.4, 0.5) is 0 Å². The number of nitrogens with one attached hydrogen (secondary N) is 1. The topological polar surface area (TPSA) is 32.3 Å². The first-order valence-electron chi connectivity index (χ1n) is 10.0. The molecule has 2 atom stereocenters. The van der Waals surface area contributed by atoms with Gasteiger partial charge in [0.25, 0.3) is 0 Å². The Labute approximate surface area is 166 Å². The third kappa shape index (κ3) is 4.72. The Morgan fingerprint density at radius 1 is 1.00 bits per heavy atom. The average molecular weight is 383 g/mol. The number of halogens is 1. The molecule has 4 rings (SSSR count). The SMILES string of the molecule is O=C(NCc1ccc(CN2CCCCC2)cc1)C1CC1c1ccccc1Cl. The Hall–Kier alpha value is -1.84. The molecule has 4 heteroatoms. The lowest BCUT2D eigenvalue weighted by atomic mass is 10.1. The van der Waals surface area contributed by atoms with Gasteiger partial charge in [0.05, 0.1) is 0 Å². The van der Waals surface area contributed by atoms with Crippen LogP contribution < -0.4 is 5.32 Å². The average Bonchev–Trinajstić information content (AvgIpc) is 3.49. The summed E-state index contributed by atoms with van der Waals surface area (Å²) in [5, 5.41) is 3.85. The normalized spacial score (nSPS) is 22.4. The minimum absolute atomic E-state index is 0.0586. The lowest BCUT2D eigenvalue weighted by Gasteiger charge is -2.26. The van der Waals surface area contributed by atoms with Gasteiger partial charge in [0.1, 0.15) is 0 Å². The molecule has 0 bridgehead atoms.